The van der Waals surface area contributed by atoms with Gasteiger partial charge in [0.15, 0.2) is 0 Å². The number of nitrogens with one attached hydrogen (secondary N) is 1. The number of benzene rings is 1. The molecule has 0 radical (unpaired) electrons. The fourth-order valence-electron chi connectivity index (χ4n) is 2.66. The van der Waals surface area contributed by atoms with Gasteiger partial charge in [-0.25, -0.2) is 0 Å². The summed E-state index contributed by atoms with van der Waals surface area (Å²) in [4.78, 5) is 2.91. The van der Waals surface area contributed by atoms with Crippen LogP contribution < -0.4 is 5.32 Å². The molecule has 1 aromatic carbocycles. The SMILES string of the molecule is Cc1cccc(-c2cc3c(s2)CNCC3(C)C)c1. The summed E-state index contributed by atoms with van der Waals surface area (Å²) < 4.78 is 0. The van der Waals surface area contributed by atoms with Gasteiger partial charge in [0.1, 0.15) is 0 Å². The molecule has 1 aromatic heterocycles. The molecule has 0 bridgehead atoms. The predicted molar refractivity (Wildman–Crippen MR) is 79.2 cm³/mol. The molecule has 2 heterocycles. The Morgan fingerprint density at radius 2 is 2.06 bits per heavy atom. The molecule has 1 aliphatic heterocycles. The van der Waals surface area contributed by atoms with Crippen molar-refractivity contribution in [3.05, 3.63) is 46.3 Å². The molecule has 2 aromatic rings. The van der Waals surface area contributed by atoms with Crippen molar-refractivity contribution < 1.29 is 0 Å². The van der Waals surface area contributed by atoms with Crippen LogP contribution in [0.4, 0.5) is 0 Å². The van der Waals surface area contributed by atoms with Gasteiger partial charge in [0.25, 0.3) is 0 Å². The Balaban J connectivity index is 2.08. The van der Waals surface area contributed by atoms with Crippen molar-refractivity contribution in [1.29, 1.82) is 0 Å². The smallest absolute Gasteiger partial charge is 0.0349 e. The molecule has 18 heavy (non-hydrogen) atoms. The first-order chi connectivity index (χ1) is 8.56. The van der Waals surface area contributed by atoms with E-state index in [4.69, 9.17) is 0 Å². The second-order valence-corrected chi connectivity index (χ2v) is 6.94. The summed E-state index contributed by atoms with van der Waals surface area (Å²) in [5, 5.41) is 3.52. The highest BCUT2D eigenvalue weighted by Gasteiger charge is 2.29. The molecule has 3 rings (SSSR count). The van der Waals surface area contributed by atoms with Crippen molar-refractivity contribution in [2.24, 2.45) is 0 Å². The Morgan fingerprint density at radius 1 is 1.22 bits per heavy atom. The van der Waals surface area contributed by atoms with E-state index in [2.05, 4.69) is 56.4 Å². The molecule has 0 unspecified atom stereocenters. The number of thiophene rings is 1. The zero-order valence-electron chi connectivity index (χ0n) is 11.2. The maximum atomic E-state index is 3.52. The fourth-order valence-corrected chi connectivity index (χ4v) is 3.96. The Bertz CT molecular complexity index is 581. The molecule has 0 spiro atoms. The summed E-state index contributed by atoms with van der Waals surface area (Å²) >= 11 is 1.94. The van der Waals surface area contributed by atoms with Crippen molar-refractivity contribution >= 4 is 11.3 Å². The van der Waals surface area contributed by atoms with Gasteiger partial charge in [-0.2, -0.15) is 0 Å². The second kappa shape index (κ2) is 4.22. The molecule has 1 nitrogen and oxygen atoms in total. The molecular formula is C16H19NS. The average molecular weight is 257 g/mol. The van der Waals surface area contributed by atoms with Gasteiger partial charge >= 0.3 is 0 Å². The fraction of sp³-hybridized carbons (Fsp3) is 0.375. The average Bonchev–Trinajstić information content (AvgIpc) is 2.74. The first-order valence-corrected chi connectivity index (χ1v) is 7.29. The third kappa shape index (κ3) is 2.00. The van der Waals surface area contributed by atoms with Crippen LogP contribution in [0, 0.1) is 6.92 Å². The molecule has 0 saturated heterocycles. The lowest BCUT2D eigenvalue weighted by molar-refractivity contribution is 0.440. The van der Waals surface area contributed by atoms with Gasteiger partial charge in [0, 0.05) is 28.3 Å². The van der Waals surface area contributed by atoms with Crippen LogP contribution in [0.3, 0.4) is 0 Å². The highest BCUT2D eigenvalue weighted by Crippen LogP contribution is 2.39. The largest absolute Gasteiger partial charge is 0.311 e. The van der Waals surface area contributed by atoms with Crippen LogP contribution in [-0.2, 0) is 12.0 Å². The molecule has 2 heteroatoms. The molecule has 0 atom stereocenters. The van der Waals surface area contributed by atoms with Gasteiger partial charge < -0.3 is 5.32 Å². The summed E-state index contributed by atoms with van der Waals surface area (Å²) in [7, 11) is 0. The summed E-state index contributed by atoms with van der Waals surface area (Å²) in [6.45, 7) is 8.90. The van der Waals surface area contributed by atoms with E-state index in [0.717, 1.165) is 13.1 Å². The van der Waals surface area contributed by atoms with Gasteiger partial charge in [-0.05, 0) is 24.1 Å². The van der Waals surface area contributed by atoms with E-state index >= 15 is 0 Å². The quantitative estimate of drug-likeness (QED) is 0.811. The minimum Gasteiger partial charge on any atom is -0.311 e. The van der Waals surface area contributed by atoms with Crippen LogP contribution in [-0.4, -0.2) is 6.54 Å². The van der Waals surface area contributed by atoms with Crippen molar-refractivity contribution in [3.8, 4) is 10.4 Å². The third-order valence-electron chi connectivity index (χ3n) is 3.69. The monoisotopic (exact) mass is 257 g/mol. The minimum absolute atomic E-state index is 0.256. The third-order valence-corrected chi connectivity index (χ3v) is 4.88. The Morgan fingerprint density at radius 3 is 2.78 bits per heavy atom. The lowest BCUT2D eigenvalue weighted by atomic mass is 9.82. The topological polar surface area (TPSA) is 12.0 Å². The maximum absolute atomic E-state index is 3.52. The Hall–Kier alpha value is -1.12. The zero-order valence-corrected chi connectivity index (χ0v) is 12.0. The van der Waals surface area contributed by atoms with E-state index in [1.165, 1.54) is 26.4 Å². The van der Waals surface area contributed by atoms with E-state index in [-0.39, 0.29) is 5.41 Å². The molecule has 0 amide bonds. The van der Waals surface area contributed by atoms with Gasteiger partial charge in [-0.3, -0.25) is 0 Å². The van der Waals surface area contributed by atoms with E-state index in [0.29, 0.717) is 0 Å². The van der Waals surface area contributed by atoms with Crippen LogP contribution in [0.15, 0.2) is 30.3 Å². The molecule has 0 aliphatic carbocycles. The number of aryl methyl sites for hydroxylation is 1. The summed E-state index contributed by atoms with van der Waals surface area (Å²) in [5.41, 5.74) is 4.47. The first kappa shape index (κ1) is 11.9. The number of hydrogen-bond acceptors (Lipinski definition) is 2. The Kier molecular flexibility index (Phi) is 2.80. The van der Waals surface area contributed by atoms with Gasteiger partial charge in [0.05, 0.1) is 0 Å². The highest BCUT2D eigenvalue weighted by molar-refractivity contribution is 7.15. The molecule has 0 fully saturated rings. The van der Waals surface area contributed by atoms with Gasteiger partial charge in [0.2, 0.25) is 0 Å². The lowest BCUT2D eigenvalue weighted by Gasteiger charge is -2.30. The van der Waals surface area contributed by atoms with Crippen molar-refractivity contribution in [3.63, 3.8) is 0 Å². The van der Waals surface area contributed by atoms with E-state index < -0.39 is 0 Å². The minimum atomic E-state index is 0.256. The van der Waals surface area contributed by atoms with Gasteiger partial charge in [-0.1, -0.05) is 43.7 Å². The van der Waals surface area contributed by atoms with E-state index in [1.54, 1.807) is 0 Å². The summed E-state index contributed by atoms with van der Waals surface area (Å²) in [5.74, 6) is 0. The van der Waals surface area contributed by atoms with Crippen LogP contribution in [0.5, 0.6) is 0 Å². The molecule has 94 valence electrons. The molecule has 0 saturated carbocycles. The van der Waals surface area contributed by atoms with Crippen LogP contribution in [0.25, 0.3) is 10.4 Å². The highest BCUT2D eigenvalue weighted by atomic mass is 32.1. The second-order valence-electron chi connectivity index (χ2n) is 5.80. The van der Waals surface area contributed by atoms with Gasteiger partial charge in [-0.15, -0.1) is 11.3 Å². The zero-order chi connectivity index (χ0) is 12.8. The number of fused-ring (bicyclic) bond motifs is 1. The summed E-state index contributed by atoms with van der Waals surface area (Å²) in [6, 6.07) is 11.2. The van der Waals surface area contributed by atoms with E-state index in [1.807, 2.05) is 11.3 Å². The standard InChI is InChI=1S/C16H19NS/c1-11-5-4-6-12(7-11)14-8-13-15(18-14)9-17-10-16(13,2)3/h4-8,17H,9-10H2,1-3H3. The van der Waals surface area contributed by atoms with Crippen LogP contribution >= 0.6 is 11.3 Å². The number of hydrogen-bond donors (Lipinski definition) is 1. The van der Waals surface area contributed by atoms with Crippen molar-refractivity contribution in [2.75, 3.05) is 6.54 Å². The normalized spacial score (nSPS) is 17.5. The van der Waals surface area contributed by atoms with Crippen molar-refractivity contribution in [1.82, 2.24) is 5.32 Å². The maximum Gasteiger partial charge on any atom is 0.0349 e. The van der Waals surface area contributed by atoms with E-state index in [9.17, 15) is 0 Å². The lowest BCUT2D eigenvalue weighted by Crippen LogP contribution is -2.37. The Labute approximate surface area is 113 Å². The van der Waals surface area contributed by atoms with Crippen LogP contribution in [0.1, 0.15) is 29.9 Å². The molecule has 1 N–H and O–H groups in total. The summed E-state index contributed by atoms with van der Waals surface area (Å²) in [6.07, 6.45) is 0. The predicted octanol–water partition coefficient (Wildman–Crippen LogP) is 4.10. The van der Waals surface area contributed by atoms with Crippen molar-refractivity contribution in [2.45, 2.75) is 32.7 Å². The number of rotatable bonds is 1. The van der Waals surface area contributed by atoms with Crippen LogP contribution in [0.2, 0.25) is 0 Å². The first-order valence-electron chi connectivity index (χ1n) is 6.47. The molecule has 1 aliphatic rings. The molecular weight excluding hydrogens is 238 g/mol.